The lowest BCUT2D eigenvalue weighted by molar-refractivity contribution is -0.870. The Morgan fingerprint density at radius 1 is 0.432 bits per heavy atom. The van der Waals surface area contributed by atoms with Gasteiger partial charge in [0.15, 0.2) is 0 Å². The van der Waals surface area contributed by atoms with Crippen molar-refractivity contribution in [1.82, 2.24) is 5.32 Å². The smallest absolute Gasteiger partial charge is 0.456 e. The van der Waals surface area contributed by atoms with E-state index in [0.717, 1.165) is 89.9 Å². The van der Waals surface area contributed by atoms with Crippen LogP contribution in [0.4, 0.5) is 0 Å². The minimum atomic E-state index is -4.46. The van der Waals surface area contributed by atoms with Crippen LogP contribution in [0.15, 0.2) is 72.9 Å². The van der Waals surface area contributed by atoms with E-state index in [-0.39, 0.29) is 31.5 Å². The Hall–Kier alpha value is -2.55. The highest BCUT2D eigenvalue weighted by molar-refractivity contribution is 7.47. The standard InChI is InChI=1S/C71H131N2O7P/c1-7-10-13-16-19-22-25-27-29-31-33-34-35-36-37-38-40-41-43-45-48-51-54-57-60-63-70(74)72-68(67-79-81(76,77)78-66-65-73(4,5)6)69(62-59-56-53-50-47-24-21-18-15-12-9-3)80-71(75)64-61-58-55-52-49-46-44-42-39-32-30-28-26-23-20-17-14-11-8-2/h19,22,27-30,33-34,36-37,59,62,68-69H,7-18,20-21,23-26,31-32,35,38-58,60-61,63-67H2,1-6H3,(H-,72,74,76,77)/p+1/b22-19-,29-27-,30-28+,34-33-,37-36-,62-59-. The SMILES string of the molecule is CCCCC/C=C\C/C=C\C/C=C\C/C=C\CCCCCCCCCCCC(=O)NC(COP(=O)(O)OCC[N+](C)(C)C)C(/C=C\CCCCCCCCCCC)OC(=O)CCCCCCCCCCC/C=C/CCCCCCCC. The lowest BCUT2D eigenvalue weighted by Crippen LogP contribution is -2.47. The number of quaternary nitrogens is 1. The number of unbranched alkanes of at least 4 members (excludes halogenated alkanes) is 36. The van der Waals surface area contributed by atoms with Crippen LogP contribution in [0.25, 0.3) is 0 Å². The number of phosphoric ester groups is 1. The summed E-state index contributed by atoms with van der Waals surface area (Å²) >= 11 is 0. The van der Waals surface area contributed by atoms with E-state index in [1.165, 1.54) is 193 Å². The quantitative estimate of drug-likeness (QED) is 0.0205. The molecule has 0 heterocycles. The van der Waals surface area contributed by atoms with Crippen molar-refractivity contribution in [3.8, 4) is 0 Å². The molecule has 472 valence electrons. The topological polar surface area (TPSA) is 111 Å². The monoisotopic (exact) mass is 1160 g/mol. The molecule has 0 aliphatic heterocycles. The molecule has 0 saturated carbocycles. The number of allylic oxidation sites excluding steroid dienone is 11. The Morgan fingerprint density at radius 2 is 0.753 bits per heavy atom. The number of amides is 1. The van der Waals surface area contributed by atoms with Gasteiger partial charge in [-0.15, -0.1) is 0 Å². The van der Waals surface area contributed by atoms with Crippen molar-refractivity contribution in [2.24, 2.45) is 0 Å². The molecule has 2 N–H and O–H groups in total. The summed E-state index contributed by atoms with van der Waals surface area (Å²) in [5.41, 5.74) is 0. The van der Waals surface area contributed by atoms with Gasteiger partial charge in [0.05, 0.1) is 33.8 Å². The predicted octanol–water partition coefficient (Wildman–Crippen LogP) is 21.6. The van der Waals surface area contributed by atoms with Gasteiger partial charge in [-0.05, 0) is 102 Å². The summed E-state index contributed by atoms with van der Waals surface area (Å²) in [6.07, 6.45) is 79.0. The normalized spacial score (nSPS) is 14.0. The largest absolute Gasteiger partial charge is 0.472 e. The van der Waals surface area contributed by atoms with Crippen LogP contribution in [0.3, 0.4) is 0 Å². The minimum absolute atomic E-state index is 0.0371. The summed E-state index contributed by atoms with van der Waals surface area (Å²) in [5.74, 6) is -0.508. The first kappa shape index (κ1) is 78.5. The Kier molecular flexibility index (Phi) is 58.7. The number of carbonyl (C=O) groups excluding carboxylic acids is 2. The number of hydrogen-bond donors (Lipinski definition) is 2. The molecular formula is C71H132N2O7P+. The highest BCUT2D eigenvalue weighted by Crippen LogP contribution is 2.43. The van der Waals surface area contributed by atoms with Gasteiger partial charge >= 0.3 is 13.8 Å². The molecule has 0 aliphatic carbocycles. The van der Waals surface area contributed by atoms with Crippen LogP contribution in [0, 0.1) is 0 Å². The first-order valence-electron chi connectivity index (χ1n) is 34.3. The molecule has 1 amide bonds. The van der Waals surface area contributed by atoms with E-state index >= 15 is 0 Å². The number of ether oxygens (including phenoxy) is 1. The molecule has 3 atom stereocenters. The number of likely N-dealkylation sites (N-methyl/N-ethyl adjacent to an activating group) is 1. The summed E-state index contributed by atoms with van der Waals surface area (Å²) in [6.45, 7) is 6.99. The number of carbonyl (C=O) groups is 2. The Morgan fingerprint density at radius 3 is 1.16 bits per heavy atom. The van der Waals surface area contributed by atoms with Crippen LogP contribution in [0.2, 0.25) is 0 Å². The van der Waals surface area contributed by atoms with Crippen molar-refractivity contribution in [2.45, 2.75) is 328 Å². The number of rotatable bonds is 62. The Balaban J connectivity index is 5.09. The summed E-state index contributed by atoms with van der Waals surface area (Å²) < 4.78 is 30.8. The molecule has 0 spiro atoms. The molecule has 0 aromatic rings. The van der Waals surface area contributed by atoms with Crippen LogP contribution in [0.5, 0.6) is 0 Å². The van der Waals surface area contributed by atoms with Crippen LogP contribution in [-0.2, 0) is 27.9 Å². The van der Waals surface area contributed by atoms with Crippen molar-refractivity contribution in [1.29, 1.82) is 0 Å². The number of nitrogens with one attached hydrogen (secondary N) is 1. The fourth-order valence-electron chi connectivity index (χ4n) is 9.80. The molecule has 0 bridgehead atoms. The van der Waals surface area contributed by atoms with E-state index < -0.39 is 20.0 Å². The predicted molar refractivity (Wildman–Crippen MR) is 351 cm³/mol. The van der Waals surface area contributed by atoms with Crippen LogP contribution >= 0.6 is 7.82 Å². The molecule has 0 saturated heterocycles. The Labute approximate surface area is 502 Å². The van der Waals surface area contributed by atoms with Gasteiger partial charge in [-0.2, -0.15) is 0 Å². The zero-order chi connectivity index (χ0) is 59.3. The summed E-state index contributed by atoms with van der Waals surface area (Å²) in [5, 5.41) is 3.06. The Bertz CT molecular complexity index is 1620. The van der Waals surface area contributed by atoms with Crippen molar-refractivity contribution < 1.29 is 37.3 Å². The maximum Gasteiger partial charge on any atom is 0.472 e. The van der Waals surface area contributed by atoms with Crippen molar-refractivity contribution in [3.63, 3.8) is 0 Å². The van der Waals surface area contributed by atoms with E-state index in [2.05, 4.69) is 86.8 Å². The summed E-state index contributed by atoms with van der Waals surface area (Å²) in [6, 6.07) is -0.855. The maximum atomic E-state index is 13.6. The second-order valence-electron chi connectivity index (χ2n) is 24.3. The van der Waals surface area contributed by atoms with Crippen LogP contribution in [-0.4, -0.2) is 74.3 Å². The maximum absolute atomic E-state index is 13.6. The fraction of sp³-hybridized carbons (Fsp3) is 0.803. The average molecular weight is 1160 g/mol. The molecule has 0 radical (unpaired) electrons. The first-order valence-corrected chi connectivity index (χ1v) is 35.8. The zero-order valence-electron chi connectivity index (χ0n) is 54.0. The highest BCUT2D eigenvalue weighted by Gasteiger charge is 2.30. The molecule has 0 fully saturated rings. The number of esters is 1. The minimum Gasteiger partial charge on any atom is -0.456 e. The van der Waals surface area contributed by atoms with Crippen molar-refractivity contribution in [3.05, 3.63) is 72.9 Å². The molecule has 10 heteroatoms. The van der Waals surface area contributed by atoms with E-state index in [1.807, 2.05) is 33.3 Å². The van der Waals surface area contributed by atoms with Gasteiger partial charge in [0.25, 0.3) is 0 Å². The van der Waals surface area contributed by atoms with Crippen LogP contribution in [0.1, 0.15) is 316 Å². The molecular weight excluding hydrogens is 1020 g/mol. The molecule has 0 aromatic heterocycles. The second-order valence-corrected chi connectivity index (χ2v) is 25.8. The van der Waals surface area contributed by atoms with Gasteiger partial charge in [0.2, 0.25) is 5.91 Å². The lowest BCUT2D eigenvalue weighted by atomic mass is 10.0. The number of phosphoric acid groups is 1. The van der Waals surface area contributed by atoms with E-state index in [0.29, 0.717) is 17.4 Å². The van der Waals surface area contributed by atoms with E-state index in [9.17, 15) is 19.0 Å². The molecule has 0 aliphatic rings. The van der Waals surface area contributed by atoms with Gasteiger partial charge < -0.3 is 19.4 Å². The molecule has 3 unspecified atom stereocenters. The van der Waals surface area contributed by atoms with E-state index in [1.54, 1.807) is 0 Å². The molecule has 9 nitrogen and oxygen atoms in total. The van der Waals surface area contributed by atoms with Crippen LogP contribution < -0.4 is 5.32 Å². The first-order chi connectivity index (χ1) is 39.4. The lowest BCUT2D eigenvalue weighted by Gasteiger charge is -2.27. The summed E-state index contributed by atoms with van der Waals surface area (Å²) in [4.78, 5) is 37.8. The number of hydrogen-bond acceptors (Lipinski definition) is 6. The zero-order valence-corrected chi connectivity index (χ0v) is 54.9. The fourth-order valence-corrected chi connectivity index (χ4v) is 10.5. The summed E-state index contributed by atoms with van der Waals surface area (Å²) in [7, 11) is 1.49. The molecule has 81 heavy (non-hydrogen) atoms. The third kappa shape index (κ3) is 61.8. The highest BCUT2D eigenvalue weighted by atomic mass is 31.2. The van der Waals surface area contributed by atoms with Gasteiger partial charge in [-0.25, -0.2) is 4.57 Å². The van der Waals surface area contributed by atoms with Crippen molar-refractivity contribution in [2.75, 3.05) is 40.9 Å². The number of nitrogens with zero attached hydrogens (tertiary/aromatic N) is 1. The van der Waals surface area contributed by atoms with Gasteiger partial charge in [-0.1, -0.05) is 274 Å². The van der Waals surface area contributed by atoms with Gasteiger partial charge in [0, 0.05) is 12.8 Å². The van der Waals surface area contributed by atoms with Crippen molar-refractivity contribution >= 4 is 19.7 Å². The molecule has 0 rings (SSSR count). The average Bonchev–Trinajstić information content (AvgIpc) is 3.44. The third-order valence-electron chi connectivity index (χ3n) is 15.1. The second kappa shape index (κ2) is 60.6. The molecule has 0 aromatic carbocycles. The third-order valence-corrected chi connectivity index (χ3v) is 16.1. The van der Waals surface area contributed by atoms with Gasteiger partial charge in [0.1, 0.15) is 19.3 Å². The van der Waals surface area contributed by atoms with E-state index in [4.69, 9.17) is 13.8 Å². The van der Waals surface area contributed by atoms with Gasteiger partial charge in [-0.3, -0.25) is 18.6 Å².